The fourth-order valence-electron chi connectivity index (χ4n) is 17.6. The van der Waals surface area contributed by atoms with Gasteiger partial charge in [-0.25, -0.2) is 0 Å². The van der Waals surface area contributed by atoms with Gasteiger partial charge in [-0.15, -0.1) is 0 Å². The first-order valence-corrected chi connectivity index (χ1v) is 37.3. The number of nitrogens with one attached hydrogen (secondary N) is 3. The molecule has 18 heteroatoms. The Labute approximate surface area is 557 Å². The Morgan fingerprint density at radius 2 is 0.591 bits per heavy atom. The van der Waals surface area contributed by atoms with Crippen molar-refractivity contribution in [1.82, 2.24) is 74.0 Å². The van der Waals surface area contributed by atoms with Crippen molar-refractivity contribution >= 4 is 32.7 Å². The molecule has 6 saturated heterocycles. The standard InChI is InChI=1S/3C25H39N5O/c3*1-19(2)29-9-11-30(12-10-29)22-5-3-20(4-6-22)25-23-17-21(27-24(23)7-8-26-25)18-28-13-15-31-16-14-28/h3*7-8,17,19-20,22,27H,3-6,9-16,18H2,1-2H3. The van der Waals surface area contributed by atoms with Crippen LogP contribution in [0.1, 0.15) is 171 Å². The van der Waals surface area contributed by atoms with E-state index in [0.717, 1.165) is 117 Å². The fourth-order valence-corrected chi connectivity index (χ4v) is 17.6. The lowest BCUT2D eigenvalue weighted by Gasteiger charge is -2.43. The monoisotopic (exact) mass is 1280 g/mol. The fraction of sp³-hybridized carbons (Fsp3) is 0.720. The zero-order valence-corrected chi connectivity index (χ0v) is 58.1. The molecular formula is C75H117N15O3. The number of rotatable bonds is 15. The number of aromatic nitrogens is 6. The van der Waals surface area contributed by atoms with E-state index < -0.39 is 0 Å². The Morgan fingerprint density at radius 1 is 0.344 bits per heavy atom. The second-order valence-corrected chi connectivity index (χ2v) is 30.0. The molecule has 0 bridgehead atoms. The van der Waals surface area contributed by atoms with Gasteiger partial charge in [0.15, 0.2) is 0 Å². The van der Waals surface area contributed by atoms with E-state index in [1.54, 1.807) is 0 Å². The van der Waals surface area contributed by atoms with Gasteiger partial charge in [0.2, 0.25) is 0 Å². The van der Waals surface area contributed by atoms with Crippen LogP contribution in [0.2, 0.25) is 0 Å². The number of morpholine rings is 3. The third-order valence-electron chi connectivity index (χ3n) is 23.4. The summed E-state index contributed by atoms with van der Waals surface area (Å²) in [4.78, 5) is 49.2. The Balaban J connectivity index is 0.000000127. The predicted octanol–water partition coefficient (Wildman–Crippen LogP) is 10.3. The highest BCUT2D eigenvalue weighted by atomic mass is 16.5. The van der Waals surface area contributed by atoms with E-state index in [1.807, 2.05) is 18.6 Å². The molecule has 6 aliphatic heterocycles. The number of H-pyrrole nitrogens is 3. The molecule has 0 radical (unpaired) electrons. The van der Waals surface area contributed by atoms with Gasteiger partial charge in [0, 0.05) is 260 Å². The van der Waals surface area contributed by atoms with E-state index in [2.05, 4.69) is 137 Å². The quantitative estimate of drug-likeness (QED) is 0.0897. The summed E-state index contributed by atoms with van der Waals surface area (Å²) in [5, 5.41) is 4.04. The number of aromatic amines is 3. The number of pyridine rings is 3. The van der Waals surface area contributed by atoms with Gasteiger partial charge in [-0.1, -0.05) is 0 Å². The molecule has 0 aromatic carbocycles. The number of fused-ring (bicyclic) bond motifs is 3. The molecule has 9 aliphatic rings. The maximum atomic E-state index is 5.50. The minimum atomic E-state index is 0.601. The topological polar surface area (TPSA) is 143 Å². The van der Waals surface area contributed by atoms with Gasteiger partial charge in [0.1, 0.15) is 0 Å². The molecular weight excluding hydrogens is 1160 g/mol. The Kier molecular flexibility index (Phi) is 23.3. The zero-order chi connectivity index (χ0) is 63.6. The summed E-state index contributed by atoms with van der Waals surface area (Å²) in [5.41, 5.74) is 11.6. The van der Waals surface area contributed by atoms with Crippen molar-refractivity contribution in [3.8, 4) is 0 Å². The van der Waals surface area contributed by atoms with Crippen LogP contribution < -0.4 is 0 Å². The molecule has 12 heterocycles. The van der Waals surface area contributed by atoms with E-state index in [-0.39, 0.29) is 0 Å². The maximum absolute atomic E-state index is 5.50. The van der Waals surface area contributed by atoms with E-state index in [1.165, 1.54) is 222 Å². The number of nitrogens with zero attached hydrogens (tertiary/aromatic N) is 12. The molecule has 0 amide bonds. The van der Waals surface area contributed by atoms with Gasteiger partial charge in [0.05, 0.1) is 56.7 Å². The van der Waals surface area contributed by atoms with Gasteiger partial charge in [0.25, 0.3) is 0 Å². The van der Waals surface area contributed by atoms with Gasteiger partial charge >= 0.3 is 0 Å². The summed E-state index contributed by atoms with van der Waals surface area (Å²) in [6.07, 6.45) is 21.5. The molecule has 18 nitrogen and oxygen atoms in total. The van der Waals surface area contributed by atoms with Gasteiger partial charge in [-0.2, -0.15) is 0 Å². The maximum Gasteiger partial charge on any atom is 0.0594 e. The first kappa shape index (κ1) is 67.2. The molecule has 3 aliphatic carbocycles. The minimum absolute atomic E-state index is 0.601. The predicted molar refractivity (Wildman–Crippen MR) is 376 cm³/mol. The van der Waals surface area contributed by atoms with E-state index >= 15 is 0 Å². The number of ether oxygens (including phenoxy) is 3. The van der Waals surface area contributed by atoms with Crippen molar-refractivity contribution in [2.45, 2.75) is 192 Å². The number of piperazine rings is 3. The largest absolute Gasteiger partial charge is 0.379 e. The van der Waals surface area contributed by atoms with Crippen LogP contribution in [0.15, 0.2) is 55.0 Å². The van der Waals surface area contributed by atoms with Crippen LogP contribution >= 0.6 is 0 Å². The summed E-state index contributed by atoms with van der Waals surface area (Å²) in [7, 11) is 0. The molecule has 3 saturated carbocycles. The highest BCUT2D eigenvalue weighted by molar-refractivity contribution is 5.84. The average Bonchev–Trinajstić information content (AvgIpc) is 1.77. The lowest BCUT2D eigenvalue weighted by molar-refractivity contribution is 0.0337. The molecule has 0 atom stereocenters. The summed E-state index contributed by atoms with van der Waals surface area (Å²) >= 11 is 0. The molecule has 9 fully saturated rings. The van der Waals surface area contributed by atoms with E-state index in [4.69, 9.17) is 29.2 Å². The van der Waals surface area contributed by atoms with Gasteiger partial charge in [-0.3, -0.25) is 59.1 Å². The highest BCUT2D eigenvalue weighted by Crippen LogP contribution is 2.41. The van der Waals surface area contributed by atoms with Crippen molar-refractivity contribution in [3.63, 3.8) is 0 Å². The van der Waals surface area contributed by atoms with Crippen LogP contribution in [-0.2, 0) is 33.8 Å². The molecule has 510 valence electrons. The molecule has 93 heavy (non-hydrogen) atoms. The summed E-state index contributed by atoms with van der Waals surface area (Å²) in [6.45, 7) is 42.9. The Bertz CT molecular complexity index is 2870. The number of hydrogen-bond acceptors (Lipinski definition) is 15. The molecule has 0 unspecified atom stereocenters. The third-order valence-corrected chi connectivity index (χ3v) is 23.4. The van der Waals surface area contributed by atoms with Crippen molar-refractivity contribution < 1.29 is 14.2 Å². The first-order chi connectivity index (χ1) is 45.5. The van der Waals surface area contributed by atoms with Crippen LogP contribution in [0, 0.1) is 0 Å². The van der Waals surface area contributed by atoms with Crippen LogP contribution in [0.3, 0.4) is 0 Å². The Hall–Kier alpha value is -4.41. The van der Waals surface area contributed by atoms with E-state index in [9.17, 15) is 0 Å². The SMILES string of the molecule is CC(C)N1CCN(C2CCC(c3nccc4[nH]c(CN5CCOCC5)cc34)CC2)CC1.CC(C)N1CCN(C2CCC(c3nccc4[nH]c(CN5CCOCC5)cc34)CC2)CC1.CC(C)N1CCN(C2CCC(c3nccc4[nH]c(CN5CCOCC5)cc34)CC2)CC1. The first-order valence-electron chi connectivity index (χ1n) is 37.3. The van der Waals surface area contributed by atoms with Crippen molar-refractivity contribution in [3.05, 3.63) is 89.2 Å². The average molecular weight is 1280 g/mol. The second-order valence-electron chi connectivity index (χ2n) is 30.0. The van der Waals surface area contributed by atoms with Crippen molar-refractivity contribution in [2.75, 3.05) is 157 Å². The van der Waals surface area contributed by atoms with Crippen molar-refractivity contribution in [1.29, 1.82) is 0 Å². The van der Waals surface area contributed by atoms with Crippen molar-refractivity contribution in [2.24, 2.45) is 0 Å². The molecule has 6 aromatic rings. The van der Waals surface area contributed by atoms with Gasteiger partial charge in [-0.05, 0) is 155 Å². The normalized spacial score (nSPS) is 27.3. The highest BCUT2D eigenvalue weighted by Gasteiger charge is 2.35. The van der Waals surface area contributed by atoms with Crippen LogP contribution in [0.4, 0.5) is 0 Å². The lowest BCUT2D eigenvalue weighted by atomic mass is 9.82. The van der Waals surface area contributed by atoms with E-state index in [0.29, 0.717) is 35.9 Å². The van der Waals surface area contributed by atoms with Crippen LogP contribution in [-0.4, -0.2) is 268 Å². The minimum Gasteiger partial charge on any atom is -0.379 e. The van der Waals surface area contributed by atoms with Crippen LogP contribution in [0.25, 0.3) is 32.7 Å². The summed E-state index contributed by atoms with van der Waals surface area (Å²) in [5.74, 6) is 1.80. The molecule has 0 spiro atoms. The van der Waals surface area contributed by atoms with Gasteiger partial charge < -0.3 is 29.2 Å². The summed E-state index contributed by atoms with van der Waals surface area (Å²) < 4.78 is 16.5. The Morgan fingerprint density at radius 3 is 0.828 bits per heavy atom. The third kappa shape index (κ3) is 17.1. The molecule has 6 aromatic heterocycles. The molecule has 15 rings (SSSR count). The van der Waals surface area contributed by atoms with Crippen LogP contribution in [0.5, 0.6) is 0 Å². The smallest absolute Gasteiger partial charge is 0.0594 e. The lowest BCUT2D eigenvalue weighted by Crippen LogP contribution is -2.52. The molecule has 3 N–H and O–H groups in total. The number of hydrogen-bond donors (Lipinski definition) is 3. The zero-order valence-electron chi connectivity index (χ0n) is 58.1. The second kappa shape index (κ2) is 32.3. The summed E-state index contributed by atoms with van der Waals surface area (Å²) in [6, 6.07) is 17.9.